The topological polar surface area (TPSA) is 55.5 Å². The summed E-state index contributed by atoms with van der Waals surface area (Å²) in [6.07, 6.45) is 8.13. The maximum Gasteiger partial charge on any atom is 0.191 e. The lowest BCUT2D eigenvalue weighted by molar-refractivity contribution is -0.960. The van der Waals surface area contributed by atoms with Crippen LogP contribution in [0, 0.1) is 17.8 Å². The fraction of sp³-hybridized carbons (Fsp3) is 0.516. The SMILES string of the molecule is OC(c1ccccc1)(c1cc(C[N+]23CCC(CC2)[C@H](COc2ccccc2)C3)on1)C1CCCCC1. The summed E-state index contributed by atoms with van der Waals surface area (Å²) in [5.74, 6) is 3.36. The van der Waals surface area contributed by atoms with Crippen LogP contribution in [0.4, 0.5) is 0 Å². The summed E-state index contributed by atoms with van der Waals surface area (Å²) in [6.45, 7) is 5.13. The number of benzene rings is 2. The molecule has 4 heterocycles. The fourth-order valence-electron chi connectivity index (χ4n) is 7.27. The molecule has 5 nitrogen and oxygen atoms in total. The largest absolute Gasteiger partial charge is 0.493 e. The van der Waals surface area contributed by atoms with Gasteiger partial charge in [0.25, 0.3) is 0 Å². The number of aliphatic hydroxyl groups is 1. The Hall–Kier alpha value is -2.63. The van der Waals surface area contributed by atoms with Gasteiger partial charge in [-0.3, -0.25) is 0 Å². The van der Waals surface area contributed by atoms with Gasteiger partial charge in [-0.25, -0.2) is 0 Å². The Morgan fingerprint density at radius 1 is 0.917 bits per heavy atom. The van der Waals surface area contributed by atoms with Gasteiger partial charge in [0.15, 0.2) is 5.76 Å². The molecule has 1 saturated carbocycles. The predicted molar refractivity (Wildman–Crippen MR) is 139 cm³/mol. The molecule has 2 bridgehead atoms. The Morgan fingerprint density at radius 2 is 1.61 bits per heavy atom. The van der Waals surface area contributed by atoms with Gasteiger partial charge in [0.05, 0.1) is 26.2 Å². The molecule has 2 atom stereocenters. The van der Waals surface area contributed by atoms with Crippen molar-refractivity contribution < 1.29 is 18.8 Å². The lowest BCUT2D eigenvalue weighted by Crippen LogP contribution is -2.62. The first kappa shape index (κ1) is 23.7. The van der Waals surface area contributed by atoms with Gasteiger partial charge in [-0.1, -0.05) is 73.0 Å². The van der Waals surface area contributed by atoms with E-state index in [1.165, 1.54) is 32.4 Å². The van der Waals surface area contributed by atoms with E-state index in [4.69, 9.17) is 9.26 Å². The molecular formula is C31H39N2O3+. The number of ether oxygens (including phenoxy) is 1. The first-order valence-corrected chi connectivity index (χ1v) is 13.9. The van der Waals surface area contributed by atoms with Crippen molar-refractivity contribution in [3.8, 4) is 5.75 Å². The molecule has 2 aromatic carbocycles. The van der Waals surface area contributed by atoms with Crippen molar-refractivity contribution in [3.05, 3.63) is 83.7 Å². The number of rotatable bonds is 8. The highest BCUT2D eigenvalue weighted by Crippen LogP contribution is 2.44. The molecule has 0 amide bonds. The van der Waals surface area contributed by atoms with Crippen molar-refractivity contribution in [2.24, 2.45) is 17.8 Å². The number of piperidine rings is 3. The van der Waals surface area contributed by atoms with E-state index in [1.807, 2.05) is 60.7 Å². The van der Waals surface area contributed by atoms with Crippen molar-refractivity contribution >= 4 is 0 Å². The Kier molecular flexibility index (Phi) is 6.61. The van der Waals surface area contributed by atoms with Crippen molar-refractivity contribution in [1.82, 2.24) is 5.16 Å². The average molecular weight is 488 g/mol. The summed E-state index contributed by atoms with van der Waals surface area (Å²) in [7, 11) is 0. The first-order valence-electron chi connectivity index (χ1n) is 13.9. The molecule has 1 aliphatic carbocycles. The van der Waals surface area contributed by atoms with Gasteiger partial charge in [0.1, 0.15) is 23.6 Å². The minimum atomic E-state index is -1.09. The monoisotopic (exact) mass is 487 g/mol. The summed E-state index contributed by atoms with van der Waals surface area (Å²) in [5, 5.41) is 16.7. The zero-order valence-corrected chi connectivity index (χ0v) is 21.2. The molecule has 1 aromatic heterocycles. The standard InChI is InChI=1S/C31H39N2O3/c34-31(26-10-4-1-5-11-26,27-12-6-2-7-13-27)30-20-29(36-32-30)22-33-18-16-24(17-19-33)25(21-33)23-35-28-14-8-3-9-15-28/h1,3-5,8-11,14-15,20,24-25,27,34H,2,6-7,12-13,16-19,21-23H2/q+1/t24?,25-,31?,33?/m0/s1. The van der Waals surface area contributed by atoms with Crippen molar-refractivity contribution in [1.29, 1.82) is 0 Å². The number of aromatic nitrogens is 1. The summed E-state index contributed by atoms with van der Waals surface area (Å²) >= 11 is 0. The van der Waals surface area contributed by atoms with Gasteiger partial charge >= 0.3 is 0 Å². The van der Waals surface area contributed by atoms with Gasteiger partial charge in [0.2, 0.25) is 0 Å². The summed E-state index contributed by atoms with van der Waals surface area (Å²) in [4.78, 5) is 0. The molecule has 3 saturated heterocycles. The van der Waals surface area contributed by atoms with Gasteiger partial charge < -0.3 is 18.8 Å². The summed E-state index contributed by atoms with van der Waals surface area (Å²) in [5.41, 5.74) is 0.523. The third-order valence-corrected chi connectivity index (χ3v) is 9.29. The number of hydrogen-bond donors (Lipinski definition) is 1. The highest BCUT2D eigenvalue weighted by atomic mass is 16.5. The predicted octanol–water partition coefficient (Wildman–Crippen LogP) is 5.93. The van der Waals surface area contributed by atoms with Crippen LogP contribution in [0.1, 0.15) is 62.0 Å². The maximum atomic E-state index is 12.2. The Morgan fingerprint density at radius 3 is 2.33 bits per heavy atom. The number of nitrogens with zero attached hydrogens (tertiary/aromatic N) is 2. The van der Waals surface area contributed by atoms with Crippen molar-refractivity contribution in [2.45, 2.75) is 57.1 Å². The van der Waals surface area contributed by atoms with E-state index in [1.54, 1.807) is 0 Å². The van der Waals surface area contributed by atoms with Gasteiger partial charge in [0, 0.05) is 24.8 Å². The van der Waals surface area contributed by atoms with Crippen molar-refractivity contribution in [2.75, 3.05) is 26.2 Å². The highest BCUT2D eigenvalue weighted by Gasteiger charge is 2.48. The zero-order chi connectivity index (χ0) is 24.4. The van der Waals surface area contributed by atoms with E-state index in [0.29, 0.717) is 11.6 Å². The van der Waals surface area contributed by atoms with Crippen molar-refractivity contribution in [3.63, 3.8) is 0 Å². The number of quaternary nitrogens is 1. The van der Waals surface area contributed by atoms with E-state index in [0.717, 1.165) is 72.9 Å². The number of fused-ring (bicyclic) bond motifs is 3. The van der Waals surface area contributed by atoms with E-state index < -0.39 is 5.60 Å². The van der Waals surface area contributed by atoms with E-state index in [9.17, 15) is 5.11 Å². The second-order valence-corrected chi connectivity index (χ2v) is 11.5. The van der Waals surface area contributed by atoms with E-state index >= 15 is 0 Å². The Bertz CT molecular complexity index is 1120. The van der Waals surface area contributed by atoms with Crippen LogP contribution in [0.25, 0.3) is 0 Å². The van der Waals surface area contributed by atoms with Crippen LogP contribution in [0.15, 0.2) is 71.3 Å². The smallest absolute Gasteiger partial charge is 0.191 e. The van der Waals surface area contributed by atoms with Crippen LogP contribution in [-0.4, -0.2) is 41.0 Å². The van der Waals surface area contributed by atoms with Crippen LogP contribution in [0.3, 0.4) is 0 Å². The zero-order valence-electron chi connectivity index (χ0n) is 21.2. The minimum Gasteiger partial charge on any atom is -0.493 e. The second-order valence-electron chi connectivity index (χ2n) is 11.5. The fourth-order valence-corrected chi connectivity index (χ4v) is 7.27. The minimum absolute atomic E-state index is 0.170. The van der Waals surface area contributed by atoms with Gasteiger partial charge in [-0.15, -0.1) is 0 Å². The summed E-state index contributed by atoms with van der Waals surface area (Å²) < 4.78 is 13.2. The molecule has 36 heavy (non-hydrogen) atoms. The van der Waals surface area contributed by atoms with E-state index in [-0.39, 0.29) is 5.92 Å². The van der Waals surface area contributed by atoms with Gasteiger partial charge in [-0.2, -0.15) is 0 Å². The highest BCUT2D eigenvalue weighted by molar-refractivity contribution is 5.33. The molecule has 1 N–H and O–H groups in total. The van der Waals surface area contributed by atoms with Crippen LogP contribution < -0.4 is 4.74 Å². The van der Waals surface area contributed by atoms with Crippen LogP contribution in [-0.2, 0) is 12.1 Å². The molecule has 0 spiro atoms. The lowest BCUT2D eigenvalue weighted by Gasteiger charge is -2.52. The second kappa shape index (κ2) is 10.0. The molecule has 3 aliphatic heterocycles. The molecule has 5 heteroatoms. The van der Waals surface area contributed by atoms with Crippen LogP contribution in [0.5, 0.6) is 5.75 Å². The normalized spacial score (nSPS) is 28.0. The maximum absolute atomic E-state index is 12.2. The van der Waals surface area contributed by atoms with Crippen LogP contribution >= 0.6 is 0 Å². The van der Waals surface area contributed by atoms with Gasteiger partial charge in [-0.05, 0) is 42.4 Å². The third-order valence-electron chi connectivity index (χ3n) is 9.29. The molecule has 190 valence electrons. The molecule has 0 radical (unpaired) electrons. The molecule has 4 aliphatic rings. The number of hydrogen-bond acceptors (Lipinski definition) is 4. The Balaban J connectivity index is 1.20. The lowest BCUT2D eigenvalue weighted by atomic mass is 9.71. The first-order chi connectivity index (χ1) is 17.6. The van der Waals surface area contributed by atoms with Crippen LogP contribution in [0.2, 0.25) is 0 Å². The number of para-hydroxylation sites is 1. The summed E-state index contributed by atoms with van der Waals surface area (Å²) in [6, 6.07) is 22.4. The Labute approximate surface area is 214 Å². The molecular weight excluding hydrogens is 448 g/mol. The molecule has 7 rings (SSSR count). The average Bonchev–Trinajstić information content (AvgIpc) is 3.42. The molecule has 1 unspecified atom stereocenters. The molecule has 3 aromatic rings. The quantitative estimate of drug-likeness (QED) is 0.400. The molecule has 4 fully saturated rings. The third kappa shape index (κ3) is 4.59. The van der Waals surface area contributed by atoms with E-state index in [2.05, 4.69) is 11.2 Å².